The van der Waals surface area contributed by atoms with Crippen LogP contribution in [0.2, 0.25) is 0 Å². The van der Waals surface area contributed by atoms with Crippen molar-refractivity contribution in [2.75, 3.05) is 31.2 Å². The first-order chi connectivity index (χ1) is 12.3. The lowest BCUT2D eigenvalue weighted by atomic mass is 10.2. The molecule has 25 heavy (non-hydrogen) atoms. The average Bonchev–Trinajstić information content (AvgIpc) is 3.10. The van der Waals surface area contributed by atoms with Crippen LogP contribution in [0.4, 0.5) is 5.82 Å². The third-order valence-electron chi connectivity index (χ3n) is 4.31. The molecule has 0 saturated carbocycles. The quantitative estimate of drug-likeness (QED) is 0.783. The van der Waals surface area contributed by atoms with Crippen molar-refractivity contribution in [3.63, 3.8) is 0 Å². The van der Waals surface area contributed by atoms with Gasteiger partial charge in [-0.3, -0.25) is 9.69 Å². The van der Waals surface area contributed by atoms with E-state index >= 15 is 0 Å². The van der Waals surface area contributed by atoms with Crippen molar-refractivity contribution in [2.45, 2.75) is 6.54 Å². The van der Waals surface area contributed by atoms with Crippen LogP contribution < -0.4 is 15.2 Å². The number of hydrogen-bond acceptors (Lipinski definition) is 4. The van der Waals surface area contributed by atoms with Gasteiger partial charge in [-0.15, -0.1) is 11.3 Å². The zero-order chi connectivity index (χ0) is 17.1. The van der Waals surface area contributed by atoms with E-state index in [0.29, 0.717) is 12.1 Å². The predicted octanol–water partition coefficient (Wildman–Crippen LogP) is 2.48. The van der Waals surface area contributed by atoms with Crippen molar-refractivity contribution in [1.82, 2.24) is 5.32 Å². The Balaban J connectivity index is 1.38. The van der Waals surface area contributed by atoms with Gasteiger partial charge in [0.1, 0.15) is 19.3 Å². The van der Waals surface area contributed by atoms with Gasteiger partial charge in [-0.05, 0) is 23.6 Å². The molecule has 5 nitrogen and oxygen atoms in total. The summed E-state index contributed by atoms with van der Waals surface area (Å²) in [5.41, 5.74) is 0.637. The molecule has 3 aromatic rings. The second-order valence-corrected chi connectivity index (χ2v) is 7.16. The highest BCUT2D eigenvalue weighted by molar-refractivity contribution is 7.19. The van der Waals surface area contributed by atoms with E-state index in [2.05, 4.69) is 33.4 Å². The van der Waals surface area contributed by atoms with Crippen LogP contribution in [0.15, 0.2) is 48.7 Å². The number of pyridine rings is 1. The number of amides is 1. The maximum absolute atomic E-state index is 12.4. The monoisotopic (exact) mass is 354 g/mol. The number of aromatic nitrogens is 1. The summed E-state index contributed by atoms with van der Waals surface area (Å²) in [7, 11) is 0. The number of morpholine rings is 1. The minimum Gasteiger partial charge on any atom is -0.373 e. The second kappa shape index (κ2) is 7.21. The zero-order valence-corrected chi connectivity index (χ0v) is 14.6. The topological polar surface area (TPSA) is 55.7 Å². The minimum atomic E-state index is -0.0674. The Morgan fingerprint density at radius 2 is 2.04 bits per heavy atom. The maximum atomic E-state index is 12.4. The Kier molecular flexibility index (Phi) is 4.63. The molecule has 4 rings (SSSR count). The number of carbonyl (C=O) groups excluding carboxylic acids is 1. The van der Waals surface area contributed by atoms with Crippen LogP contribution in [0, 0.1) is 0 Å². The molecule has 1 aromatic carbocycles. The molecule has 0 atom stereocenters. The van der Waals surface area contributed by atoms with E-state index < -0.39 is 0 Å². The Labute approximate surface area is 150 Å². The van der Waals surface area contributed by atoms with E-state index in [4.69, 9.17) is 4.74 Å². The van der Waals surface area contributed by atoms with Crippen LogP contribution in [0.1, 0.15) is 15.2 Å². The molecule has 3 heterocycles. The number of aromatic amines is 1. The molecule has 1 amide bonds. The highest BCUT2D eigenvalue weighted by atomic mass is 32.1. The summed E-state index contributed by atoms with van der Waals surface area (Å²) in [4.78, 5) is 19.0. The molecule has 1 saturated heterocycles. The van der Waals surface area contributed by atoms with Gasteiger partial charge in [0.05, 0.1) is 25.3 Å². The SMILES string of the molecule is O=C(NCc1cc2ccccc2s1)c1ccc(N2CCOCC2)[nH+]c1. The molecule has 0 aliphatic carbocycles. The molecule has 0 bridgehead atoms. The molecule has 0 spiro atoms. The third kappa shape index (κ3) is 3.65. The molecule has 1 fully saturated rings. The molecule has 6 heteroatoms. The lowest BCUT2D eigenvalue weighted by Gasteiger charge is -2.21. The van der Waals surface area contributed by atoms with E-state index in [-0.39, 0.29) is 5.91 Å². The fourth-order valence-corrected chi connectivity index (χ4v) is 3.96. The Bertz CT molecular complexity index is 837. The van der Waals surface area contributed by atoms with Gasteiger partial charge in [0, 0.05) is 15.6 Å². The first kappa shape index (κ1) is 16.1. The van der Waals surface area contributed by atoms with E-state index in [1.807, 2.05) is 24.3 Å². The minimum absolute atomic E-state index is 0.0674. The van der Waals surface area contributed by atoms with Crippen molar-refractivity contribution in [2.24, 2.45) is 0 Å². The number of carbonyl (C=O) groups is 1. The van der Waals surface area contributed by atoms with Crippen LogP contribution >= 0.6 is 11.3 Å². The summed E-state index contributed by atoms with van der Waals surface area (Å²) < 4.78 is 6.61. The van der Waals surface area contributed by atoms with Crippen molar-refractivity contribution in [3.05, 3.63) is 59.1 Å². The van der Waals surface area contributed by atoms with E-state index in [9.17, 15) is 4.79 Å². The number of benzene rings is 1. The van der Waals surface area contributed by atoms with Crippen LogP contribution in [-0.4, -0.2) is 32.2 Å². The number of anilines is 1. The normalized spacial score (nSPS) is 14.6. The summed E-state index contributed by atoms with van der Waals surface area (Å²) in [5, 5.41) is 4.22. The number of fused-ring (bicyclic) bond motifs is 1. The Morgan fingerprint density at radius 1 is 1.20 bits per heavy atom. The van der Waals surface area contributed by atoms with E-state index in [1.165, 1.54) is 10.1 Å². The van der Waals surface area contributed by atoms with Gasteiger partial charge in [0.2, 0.25) is 0 Å². The lowest BCUT2D eigenvalue weighted by Crippen LogP contribution is -2.39. The number of ether oxygens (including phenoxy) is 1. The van der Waals surface area contributed by atoms with E-state index in [1.54, 1.807) is 17.5 Å². The molecule has 1 aliphatic rings. The predicted molar refractivity (Wildman–Crippen MR) is 99.0 cm³/mol. The first-order valence-corrected chi connectivity index (χ1v) is 9.21. The van der Waals surface area contributed by atoms with Crippen molar-refractivity contribution in [1.29, 1.82) is 0 Å². The molecule has 128 valence electrons. The van der Waals surface area contributed by atoms with Crippen LogP contribution in [-0.2, 0) is 11.3 Å². The summed E-state index contributed by atoms with van der Waals surface area (Å²) in [5.74, 6) is 0.951. The number of rotatable bonds is 4. The average molecular weight is 354 g/mol. The van der Waals surface area contributed by atoms with Gasteiger partial charge < -0.3 is 10.1 Å². The molecule has 0 radical (unpaired) electrons. The zero-order valence-electron chi connectivity index (χ0n) is 13.8. The molecule has 2 N–H and O–H groups in total. The number of H-pyrrole nitrogens is 1. The summed E-state index contributed by atoms with van der Waals surface area (Å²) in [6.45, 7) is 3.77. The van der Waals surface area contributed by atoms with Crippen LogP contribution in [0.5, 0.6) is 0 Å². The largest absolute Gasteiger partial charge is 0.373 e. The maximum Gasteiger partial charge on any atom is 0.274 e. The van der Waals surface area contributed by atoms with Crippen molar-refractivity contribution in [3.8, 4) is 0 Å². The molecule has 2 aromatic heterocycles. The summed E-state index contributed by atoms with van der Waals surface area (Å²) in [6.07, 6.45) is 1.77. The van der Waals surface area contributed by atoms with Gasteiger partial charge in [-0.2, -0.15) is 0 Å². The van der Waals surface area contributed by atoms with Gasteiger partial charge in [0.15, 0.2) is 0 Å². The van der Waals surface area contributed by atoms with Crippen molar-refractivity contribution >= 4 is 33.1 Å². The standard InChI is InChI=1S/C19H19N3O2S/c23-19(21-13-16-11-14-3-1-2-4-17(14)25-16)15-5-6-18(20-12-15)22-7-9-24-10-8-22/h1-6,11-12H,7-10,13H2,(H,21,23)/p+1. The number of nitrogens with one attached hydrogen (secondary N) is 2. The van der Waals surface area contributed by atoms with Crippen LogP contribution in [0.3, 0.4) is 0 Å². The highest BCUT2D eigenvalue weighted by Gasteiger charge is 2.19. The number of thiophene rings is 1. The van der Waals surface area contributed by atoms with Gasteiger partial charge in [-0.25, -0.2) is 4.98 Å². The lowest BCUT2D eigenvalue weighted by molar-refractivity contribution is -0.364. The van der Waals surface area contributed by atoms with Gasteiger partial charge >= 0.3 is 0 Å². The Morgan fingerprint density at radius 3 is 2.80 bits per heavy atom. The van der Waals surface area contributed by atoms with Crippen LogP contribution in [0.25, 0.3) is 10.1 Å². The number of nitrogens with zero attached hydrogens (tertiary/aromatic N) is 1. The summed E-state index contributed by atoms with van der Waals surface area (Å²) >= 11 is 1.71. The second-order valence-electron chi connectivity index (χ2n) is 6.00. The smallest absolute Gasteiger partial charge is 0.274 e. The first-order valence-electron chi connectivity index (χ1n) is 8.40. The Hall–Kier alpha value is -2.44. The fourth-order valence-electron chi connectivity index (χ4n) is 2.95. The highest BCUT2D eigenvalue weighted by Crippen LogP contribution is 2.25. The molecular weight excluding hydrogens is 334 g/mol. The van der Waals surface area contributed by atoms with Crippen molar-refractivity contribution < 1.29 is 14.5 Å². The van der Waals surface area contributed by atoms with E-state index in [0.717, 1.165) is 37.0 Å². The summed E-state index contributed by atoms with van der Waals surface area (Å²) in [6, 6.07) is 14.2. The third-order valence-corrected chi connectivity index (χ3v) is 5.43. The van der Waals surface area contributed by atoms with Gasteiger partial charge in [0.25, 0.3) is 11.7 Å². The molecule has 0 unspecified atom stereocenters. The van der Waals surface area contributed by atoms with Gasteiger partial charge in [-0.1, -0.05) is 18.2 Å². The fraction of sp³-hybridized carbons (Fsp3) is 0.263. The number of hydrogen-bond donors (Lipinski definition) is 1. The molecule has 1 aliphatic heterocycles. The molecular formula is C19H20N3O2S+.